The first-order chi connectivity index (χ1) is 5.95. The molecular weight excluding hydrogens is 178 g/mol. The lowest BCUT2D eigenvalue weighted by Crippen LogP contribution is -2.25. The molecule has 13 heavy (non-hydrogen) atoms. The Kier molecular flexibility index (Phi) is 3.14. The topological polar surface area (TPSA) is 26.0 Å². The average molecular weight is 197 g/mol. The molecule has 74 valence electrons. The minimum absolute atomic E-state index is 0.163. The molecule has 0 aliphatic carbocycles. The van der Waals surface area contributed by atoms with Crippen molar-refractivity contribution in [3.8, 4) is 0 Å². The van der Waals surface area contributed by atoms with Crippen molar-refractivity contribution in [3.63, 3.8) is 0 Å². The Morgan fingerprint density at radius 1 is 1.38 bits per heavy atom. The second-order valence-corrected chi connectivity index (χ2v) is 5.70. The van der Waals surface area contributed by atoms with Crippen molar-refractivity contribution in [1.82, 2.24) is 0 Å². The van der Waals surface area contributed by atoms with Crippen LogP contribution < -0.4 is 5.73 Å². The smallest absolute Gasteiger partial charge is 0.0439 e. The van der Waals surface area contributed by atoms with E-state index in [2.05, 4.69) is 39.8 Å². The third kappa shape index (κ3) is 2.55. The minimum atomic E-state index is 0.163. The molecule has 1 atom stereocenters. The molecule has 1 nitrogen and oxygen atoms in total. The summed E-state index contributed by atoms with van der Waals surface area (Å²) in [5, 5.41) is 0. The molecule has 0 saturated heterocycles. The third-order valence-electron chi connectivity index (χ3n) is 2.27. The van der Waals surface area contributed by atoms with Crippen LogP contribution in [0.2, 0.25) is 0 Å². The van der Waals surface area contributed by atoms with Crippen molar-refractivity contribution < 1.29 is 0 Å². The van der Waals surface area contributed by atoms with Crippen LogP contribution in [0.25, 0.3) is 0 Å². The predicted octanol–water partition coefficient (Wildman–Crippen LogP) is 3.36. The number of hydrogen-bond donors (Lipinski definition) is 1. The van der Waals surface area contributed by atoms with Gasteiger partial charge in [-0.2, -0.15) is 0 Å². The zero-order valence-electron chi connectivity index (χ0n) is 8.92. The quantitative estimate of drug-likeness (QED) is 0.773. The molecule has 0 aliphatic heterocycles. The monoisotopic (exact) mass is 197 g/mol. The Balaban J connectivity index is 2.83. The van der Waals surface area contributed by atoms with Crippen LogP contribution >= 0.6 is 11.3 Å². The van der Waals surface area contributed by atoms with Crippen molar-refractivity contribution >= 4 is 11.3 Å². The van der Waals surface area contributed by atoms with E-state index in [1.54, 1.807) is 0 Å². The van der Waals surface area contributed by atoms with Crippen LogP contribution in [0.1, 0.15) is 43.5 Å². The summed E-state index contributed by atoms with van der Waals surface area (Å²) in [5.41, 5.74) is 6.31. The number of thiophene rings is 1. The fourth-order valence-electron chi connectivity index (χ4n) is 1.18. The molecule has 0 spiro atoms. The number of nitrogens with two attached hydrogens (primary N) is 1. The SMILES string of the molecule is CCc1ccc([C@@H](N)C(C)(C)C)s1. The molecule has 0 unspecified atom stereocenters. The largest absolute Gasteiger partial charge is 0.323 e. The first kappa shape index (κ1) is 10.7. The molecule has 2 N–H and O–H groups in total. The second-order valence-electron chi connectivity index (χ2n) is 4.50. The zero-order chi connectivity index (χ0) is 10.1. The summed E-state index contributed by atoms with van der Waals surface area (Å²) in [7, 11) is 0. The highest BCUT2D eigenvalue weighted by molar-refractivity contribution is 7.12. The lowest BCUT2D eigenvalue weighted by atomic mass is 9.87. The fraction of sp³-hybridized carbons (Fsp3) is 0.636. The summed E-state index contributed by atoms with van der Waals surface area (Å²) in [4.78, 5) is 2.74. The zero-order valence-corrected chi connectivity index (χ0v) is 9.74. The van der Waals surface area contributed by atoms with Crippen molar-refractivity contribution in [1.29, 1.82) is 0 Å². The maximum absolute atomic E-state index is 6.15. The van der Waals surface area contributed by atoms with Crippen LogP contribution in [0.4, 0.5) is 0 Å². The van der Waals surface area contributed by atoms with Gasteiger partial charge in [0.2, 0.25) is 0 Å². The maximum atomic E-state index is 6.15. The van der Waals surface area contributed by atoms with Crippen LogP contribution in [0, 0.1) is 5.41 Å². The summed E-state index contributed by atoms with van der Waals surface area (Å²) in [6.07, 6.45) is 1.11. The first-order valence-electron chi connectivity index (χ1n) is 4.79. The summed E-state index contributed by atoms with van der Waals surface area (Å²) in [6, 6.07) is 4.52. The van der Waals surface area contributed by atoms with Gasteiger partial charge < -0.3 is 5.73 Å². The number of aryl methyl sites for hydroxylation is 1. The van der Waals surface area contributed by atoms with Gasteiger partial charge in [0, 0.05) is 15.8 Å². The van der Waals surface area contributed by atoms with Gasteiger partial charge in [0.25, 0.3) is 0 Å². The molecule has 0 saturated carbocycles. The molecule has 1 aromatic rings. The lowest BCUT2D eigenvalue weighted by molar-refractivity contribution is 0.331. The Morgan fingerprint density at radius 3 is 2.38 bits per heavy atom. The molecule has 0 aromatic carbocycles. The van der Waals surface area contributed by atoms with Crippen LogP contribution in [0.5, 0.6) is 0 Å². The Labute approximate surface area is 85.0 Å². The van der Waals surface area contributed by atoms with Gasteiger partial charge in [-0.25, -0.2) is 0 Å². The van der Waals surface area contributed by atoms with E-state index >= 15 is 0 Å². The van der Waals surface area contributed by atoms with Gasteiger partial charge >= 0.3 is 0 Å². The normalized spacial score (nSPS) is 14.5. The average Bonchev–Trinajstić information content (AvgIpc) is 2.48. The highest BCUT2D eigenvalue weighted by Gasteiger charge is 2.23. The lowest BCUT2D eigenvalue weighted by Gasteiger charge is -2.25. The van der Waals surface area contributed by atoms with E-state index < -0.39 is 0 Å². The third-order valence-corrected chi connectivity index (χ3v) is 3.58. The van der Waals surface area contributed by atoms with Crippen LogP contribution in [0.15, 0.2) is 12.1 Å². The molecule has 1 rings (SSSR count). The summed E-state index contributed by atoms with van der Waals surface area (Å²) in [6.45, 7) is 8.73. The van der Waals surface area contributed by atoms with Gasteiger partial charge in [-0.1, -0.05) is 27.7 Å². The second kappa shape index (κ2) is 3.81. The molecule has 1 heterocycles. The van der Waals surface area contributed by atoms with Gasteiger partial charge in [0.05, 0.1) is 0 Å². The fourth-order valence-corrected chi connectivity index (χ4v) is 2.38. The van der Waals surface area contributed by atoms with Gasteiger partial charge in [-0.15, -0.1) is 11.3 Å². The predicted molar refractivity (Wildman–Crippen MR) is 60.1 cm³/mol. The van der Waals surface area contributed by atoms with Crippen molar-refractivity contribution in [2.45, 2.75) is 40.2 Å². The Morgan fingerprint density at radius 2 is 2.00 bits per heavy atom. The summed E-state index contributed by atoms with van der Waals surface area (Å²) < 4.78 is 0. The molecule has 0 radical (unpaired) electrons. The van der Waals surface area contributed by atoms with E-state index in [1.807, 2.05) is 11.3 Å². The van der Waals surface area contributed by atoms with Gasteiger partial charge in [-0.05, 0) is 24.0 Å². The molecular formula is C11H19NS. The highest BCUT2D eigenvalue weighted by Crippen LogP contribution is 2.34. The van der Waals surface area contributed by atoms with E-state index in [1.165, 1.54) is 9.75 Å². The number of hydrogen-bond acceptors (Lipinski definition) is 2. The van der Waals surface area contributed by atoms with Gasteiger partial charge in [0.15, 0.2) is 0 Å². The van der Waals surface area contributed by atoms with Gasteiger partial charge in [0.1, 0.15) is 0 Å². The standard InChI is InChI=1S/C11H19NS/c1-5-8-6-7-9(13-8)10(12)11(2,3)4/h6-7,10H,5,12H2,1-4H3/t10-/m1/s1. The van der Waals surface area contributed by atoms with E-state index in [9.17, 15) is 0 Å². The van der Waals surface area contributed by atoms with E-state index in [0.29, 0.717) is 0 Å². The van der Waals surface area contributed by atoms with E-state index in [0.717, 1.165) is 6.42 Å². The molecule has 0 aliphatic rings. The molecule has 2 heteroatoms. The Bertz CT molecular complexity index is 270. The van der Waals surface area contributed by atoms with Crippen molar-refractivity contribution in [3.05, 3.63) is 21.9 Å². The van der Waals surface area contributed by atoms with E-state index in [4.69, 9.17) is 5.73 Å². The van der Waals surface area contributed by atoms with Gasteiger partial charge in [-0.3, -0.25) is 0 Å². The van der Waals surface area contributed by atoms with E-state index in [-0.39, 0.29) is 11.5 Å². The van der Waals surface area contributed by atoms with Crippen LogP contribution in [-0.4, -0.2) is 0 Å². The van der Waals surface area contributed by atoms with Crippen LogP contribution in [-0.2, 0) is 6.42 Å². The summed E-state index contributed by atoms with van der Waals surface area (Å²) >= 11 is 1.84. The first-order valence-corrected chi connectivity index (χ1v) is 5.61. The minimum Gasteiger partial charge on any atom is -0.323 e. The van der Waals surface area contributed by atoms with Crippen LogP contribution in [0.3, 0.4) is 0 Å². The van der Waals surface area contributed by atoms with Crippen molar-refractivity contribution in [2.75, 3.05) is 0 Å². The molecule has 0 fully saturated rings. The summed E-state index contributed by atoms with van der Waals surface area (Å²) in [5.74, 6) is 0. The van der Waals surface area contributed by atoms with Crippen molar-refractivity contribution in [2.24, 2.45) is 11.1 Å². The Hall–Kier alpha value is -0.340. The highest BCUT2D eigenvalue weighted by atomic mass is 32.1. The number of rotatable bonds is 2. The molecule has 1 aromatic heterocycles. The molecule has 0 bridgehead atoms. The molecule has 0 amide bonds. The maximum Gasteiger partial charge on any atom is 0.0439 e.